The minimum absolute atomic E-state index is 0.0206. The molecule has 1 heterocycles. The van der Waals surface area contributed by atoms with Crippen molar-refractivity contribution in [1.82, 2.24) is 4.90 Å². The lowest BCUT2D eigenvalue weighted by atomic mass is 10.0. The topological polar surface area (TPSA) is 55.6 Å². The van der Waals surface area contributed by atoms with E-state index in [1.165, 1.54) is 0 Å². The van der Waals surface area contributed by atoms with E-state index in [2.05, 4.69) is 0 Å². The van der Waals surface area contributed by atoms with Crippen molar-refractivity contribution in [1.29, 1.82) is 0 Å². The quantitative estimate of drug-likeness (QED) is 0.584. The van der Waals surface area contributed by atoms with Crippen molar-refractivity contribution < 1.29 is 9.53 Å². The maximum absolute atomic E-state index is 11.5. The zero-order chi connectivity index (χ0) is 9.35. The molecule has 70 valence electrons. The molecule has 0 aromatic carbocycles. The van der Waals surface area contributed by atoms with Gasteiger partial charge in [-0.1, -0.05) is 0 Å². The lowest BCUT2D eigenvalue weighted by Gasteiger charge is -2.39. The predicted octanol–water partition coefficient (Wildman–Crippen LogP) is -0.419. The van der Waals surface area contributed by atoms with Crippen LogP contribution in [0.5, 0.6) is 0 Å². The zero-order valence-corrected chi connectivity index (χ0v) is 7.83. The highest BCUT2D eigenvalue weighted by Crippen LogP contribution is 2.20. The fourth-order valence-electron chi connectivity index (χ4n) is 1.47. The molecule has 4 heteroatoms. The van der Waals surface area contributed by atoms with E-state index in [9.17, 15) is 4.79 Å². The van der Waals surface area contributed by atoms with Gasteiger partial charge in [0.05, 0.1) is 6.10 Å². The summed E-state index contributed by atoms with van der Waals surface area (Å²) in [6.45, 7) is 4.60. The van der Waals surface area contributed by atoms with Gasteiger partial charge in [0.25, 0.3) is 5.91 Å². The van der Waals surface area contributed by atoms with Crippen molar-refractivity contribution >= 4 is 5.91 Å². The molecular weight excluding hydrogens is 156 g/mol. The smallest absolute Gasteiger partial charge is 0.254 e. The van der Waals surface area contributed by atoms with Crippen LogP contribution in [-0.2, 0) is 9.53 Å². The van der Waals surface area contributed by atoms with Crippen molar-refractivity contribution in [3.05, 3.63) is 0 Å². The fraction of sp³-hybridized carbons (Fsp3) is 0.875. The number of nitrogens with zero attached hydrogens (tertiary/aromatic N) is 1. The van der Waals surface area contributed by atoms with Crippen LogP contribution in [0.25, 0.3) is 0 Å². The van der Waals surface area contributed by atoms with Gasteiger partial charge in [-0.05, 0) is 13.8 Å². The van der Waals surface area contributed by atoms with Crippen molar-refractivity contribution in [2.24, 2.45) is 5.73 Å². The summed E-state index contributed by atoms with van der Waals surface area (Å²) in [6, 6.07) is 0. The summed E-state index contributed by atoms with van der Waals surface area (Å²) in [5, 5.41) is 0. The summed E-state index contributed by atoms with van der Waals surface area (Å²) in [5.74, 6) is 0.0206. The van der Waals surface area contributed by atoms with Gasteiger partial charge in [0.2, 0.25) is 0 Å². The third-order valence-electron chi connectivity index (χ3n) is 2.06. The van der Waals surface area contributed by atoms with Gasteiger partial charge in [0.1, 0.15) is 5.60 Å². The summed E-state index contributed by atoms with van der Waals surface area (Å²) < 4.78 is 5.49. The molecule has 4 nitrogen and oxygen atoms in total. The molecule has 0 aliphatic carbocycles. The van der Waals surface area contributed by atoms with E-state index in [4.69, 9.17) is 10.5 Å². The molecule has 1 rings (SSSR count). The second-order valence-corrected chi connectivity index (χ2v) is 3.67. The van der Waals surface area contributed by atoms with Gasteiger partial charge in [0, 0.05) is 20.1 Å². The van der Waals surface area contributed by atoms with Crippen LogP contribution >= 0.6 is 0 Å². The first kappa shape index (κ1) is 9.48. The highest BCUT2D eigenvalue weighted by atomic mass is 16.5. The Hall–Kier alpha value is -0.610. The number of likely N-dealkylation sites (N-methyl/N-ethyl adjacent to an activating group) is 1. The highest BCUT2D eigenvalue weighted by molar-refractivity contribution is 5.84. The Balaban J connectivity index is 2.72. The highest BCUT2D eigenvalue weighted by Gasteiger charge is 2.38. The van der Waals surface area contributed by atoms with Gasteiger partial charge < -0.3 is 15.4 Å². The molecule has 2 N–H and O–H groups in total. The van der Waals surface area contributed by atoms with Crippen molar-refractivity contribution in [2.45, 2.75) is 25.6 Å². The van der Waals surface area contributed by atoms with Crippen LogP contribution in [0.3, 0.4) is 0 Å². The molecule has 1 atom stereocenters. The van der Waals surface area contributed by atoms with Crippen LogP contribution in [0.2, 0.25) is 0 Å². The molecule has 1 fully saturated rings. The number of hydrogen-bond donors (Lipinski definition) is 1. The normalized spacial score (nSPS) is 29.2. The largest absolute Gasteiger partial charge is 0.359 e. The number of rotatable bonds is 1. The molecule has 1 aliphatic rings. The molecule has 0 aromatic rings. The third-order valence-corrected chi connectivity index (χ3v) is 2.06. The van der Waals surface area contributed by atoms with Crippen LogP contribution in [-0.4, -0.2) is 42.6 Å². The molecule has 0 spiro atoms. The number of carbonyl (C=O) groups excluding carboxylic acids is 1. The lowest BCUT2D eigenvalue weighted by Crippen LogP contribution is -2.57. The Labute approximate surface area is 72.7 Å². The van der Waals surface area contributed by atoms with E-state index in [-0.39, 0.29) is 12.0 Å². The number of amides is 1. The molecule has 1 aliphatic heterocycles. The van der Waals surface area contributed by atoms with E-state index < -0.39 is 5.60 Å². The molecule has 12 heavy (non-hydrogen) atoms. The average Bonchev–Trinajstić information content (AvgIpc) is 1.99. The van der Waals surface area contributed by atoms with E-state index in [1.807, 2.05) is 0 Å². The monoisotopic (exact) mass is 172 g/mol. The first-order valence-corrected chi connectivity index (χ1v) is 4.11. The second-order valence-electron chi connectivity index (χ2n) is 3.67. The molecule has 0 aromatic heterocycles. The summed E-state index contributed by atoms with van der Waals surface area (Å²) in [7, 11) is 1.77. The summed E-state index contributed by atoms with van der Waals surface area (Å²) >= 11 is 0. The molecule has 1 amide bonds. The first-order chi connectivity index (χ1) is 5.47. The van der Waals surface area contributed by atoms with E-state index in [0.717, 1.165) is 0 Å². The van der Waals surface area contributed by atoms with E-state index >= 15 is 0 Å². The van der Waals surface area contributed by atoms with Gasteiger partial charge in [0.15, 0.2) is 0 Å². The minimum Gasteiger partial charge on any atom is -0.359 e. The van der Waals surface area contributed by atoms with Gasteiger partial charge in [-0.15, -0.1) is 0 Å². The molecule has 0 saturated carbocycles. The van der Waals surface area contributed by atoms with Crippen LogP contribution in [0.1, 0.15) is 13.8 Å². The Bertz CT molecular complexity index is 191. The summed E-state index contributed by atoms with van der Waals surface area (Å²) in [4.78, 5) is 13.1. The van der Waals surface area contributed by atoms with Crippen LogP contribution in [0, 0.1) is 0 Å². The zero-order valence-electron chi connectivity index (χ0n) is 7.83. The molecule has 0 bridgehead atoms. The molecule has 1 unspecified atom stereocenters. The molecule has 1 saturated heterocycles. The number of ether oxygens (including phenoxy) is 1. The van der Waals surface area contributed by atoms with Crippen LogP contribution < -0.4 is 5.73 Å². The number of nitrogens with two attached hydrogens (primary N) is 1. The van der Waals surface area contributed by atoms with Crippen molar-refractivity contribution in [2.75, 3.05) is 20.1 Å². The Morgan fingerprint density at radius 2 is 2.33 bits per heavy atom. The molecule has 0 radical (unpaired) electrons. The maximum atomic E-state index is 11.5. The third kappa shape index (κ3) is 1.59. The number of hydrogen-bond acceptors (Lipinski definition) is 3. The predicted molar refractivity (Wildman–Crippen MR) is 45.6 cm³/mol. The van der Waals surface area contributed by atoms with Gasteiger partial charge in [-0.25, -0.2) is 0 Å². The van der Waals surface area contributed by atoms with E-state index in [0.29, 0.717) is 13.1 Å². The number of carbonyl (C=O) groups is 1. The molecular formula is C8H16N2O2. The average molecular weight is 172 g/mol. The van der Waals surface area contributed by atoms with E-state index in [1.54, 1.807) is 25.8 Å². The van der Waals surface area contributed by atoms with Gasteiger partial charge in [-0.3, -0.25) is 4.79 Å². The summed E-state index contributed by atoms with van der Waals surface area (Å²) in [6.07, 6.45) is -0.0253. The Morgan fingerprint density at radius 3 is 2.75 bits per heavy atom. The number of morpholine rings is 1. The van der Waals surface area contributed by atoms with Crippen molar-refractivity contribution in [3.63, 3.8) is 0 Å². The van der Waals surface area contributed by atoms with Gasteiger partial charge in [-0.2, -0.15) is 0 Å². The Kier molecular flexibility index (Phi) is 2.39. The minimum atomic E-state index is -0.711. The van der Waals surface area contributed by atoms with Crippen LogP contribution in [0.15, 0.2) is 0 Å². The first-order valence-electron chi connectivity index (χ1n) is 4.11. The van der Waals surface area contributed by atoms with Crippen molar-refractivity contribution in [3.8, 4) is 0 Å². The SMILES string of the molecule is CN1CC(CN)OC(C)(C)C1=O. The Morgan fingerprint density at radius 1 is 1.75 bits per heavy atom. The van der Waals surface area contributed by atoms with Crippen LogP contribution in [0.4, 0.5) is 0 Å². The fourth-order valence-corrected chi connectivity index (χ4v) is 1.47. The van der Waals surface area contributed by atoms with Gasteiger partial charge >= 0.3 is 0 Å². The lowest BCUT2D eigenvalue weighted by molar-refractivity contribution is -0.175. The second kappa shape index (κ2) is 3.03. The summed E-state index contributed by atoms with van der Waals surface area (Å²) in [5.41, 5.74) is 4.76. The maximum Gasteiger partial charge on any atom is 0.254 e. The standard InChI is InChI=1S/C8H16N2O2/c1-8(2)7(11)10(3)5-6(4-9)12-8/h6H,4-5,9H2,1-3H3.